The lowest BCUT2D eigenvalue weighted by atomic mass is 9.64. The van der Waals surface area contributed by atoms with E-state index in [-0.39, 0.29) is 5.41 Å². The van der Waals surface area contributed by atoms with E-state index in [9.17, 15) is 0 Å². The van der Waals surface area contributed by atoms with Gasteiger partial charge in [0.15, 0.2) is 0 Å². The van der Waals surface area contributed by atoms with Crippen LogP contribution in [0.2, 0.25) is 0 Å². The second-order valence-corrected chi connectivity index (χ2v) is 6.58. The third kappa shape index (κ3) is 2.70. The van der Waals surface area contributed by atoms with Crippen LogP contribution in [-0.2, 0) is 4.74 Å². The summed E-state index contributed by atoms with van der Waals surface area (Å²) in [6.07, 6.45) is 1.50. The Morgan fingerprint density at radius 2 is 2.00 bits per heavy atom. The second kappa shape index (κ2) is 5.26. The minimum absolute atomic E-state index is 0.224. The van der Waals surface area contributed by atoms with E-state index in [2.05, 4.69) is 58.1 Å². The van der Waals surface area contributed by atoms with E-state index in [1.807, 2.05) is 7.11 Å². The van der Waals surface area contributed by atoms with Crippen LogP contribution in [0, 0.1) is 19.3 Å². The summed E-state index contributed by atoms with van der Waals surface area (Å²) in [4.78, 5) is 0. The van der Waals surface area contributed by atoms with Gasteiger partial charge in [-0.2, -0.15) is 0 Å². The maximum absolute atomic E-state index is 5.52. The summed E-state index contributed by atoms with van der Waals surface area (Å²) in [5, 5.41) is 3.77. The van der Waals surface area contributed by atoms with Crippen LogP contribution in [0.15, 0.2) is 18.2 Å². The molecule has 0 saturated heterocycles. The van der Waals surface area contributed by atoms with Gasteiger partial charge in [0.05, 0.1) is 6.10 Å². The van der Waals surface area contributed by atoms with Gasteiger partial charge in [-0.3, -0.25) is 0 Å². The molecule has 1 aliphatic carbocycles. The molecule has 1 N–H and O–H groups in total. The van der Waals surface area contributed by atoms with Crippen molar-refractivity contribution in [2.75, 3.05) is 7.11 Å². The third-order valence-electron chi connectivity index (χ3n) is 4.81. The second-order valence-electron chi connectivity index (χ2n) is 6.58. The number of ether oxygens (including phenoxy) is 1. The third-order valence-corrected chi connectivity index (χ3v) is 4.81. The molecule has 0 heterocycles. The van der Waals surface area contributed by atoms with Crippen molar-refractivity contribution in [2.45, 2.75) is 59.2 Å². The van der Waals surface area contributed by atoms with Crippen molar-refractivity contribution in [1.29, 1.82) is 0 Å². The highest BCUT2D eigenvalue weighted by atomic mass is 16.5. The van der Waals surface area contributed by atoms with Crippen molar-refractivity contribution >= 4 is 0 Å². The molecular weight excluding hydrogens is 234 g/mol. The highest BCUT2D eigenvalue weighted by molar-refractivity contribution is 5.32. The zero-order valence-corrected chi connectivity index (χ0v) is 13.1. The first-order valence-corrected chi connectivity index (χ1v) is 7.22. The van der Waals surface area contributed by atoms with Crippen molar-refractivity contribution in [3.05, 3.63) is 34.9 Å². The van der Waals surface area contributed by atoms with E-state index in [1.165, 1.54) is 16.7 Å². The van der Waals surface area contributed by atoms with E-state index in [1.54, 1.807) is 0 Å². The summed E-state index contributed by atoms with van der Waals surface area (Å²) >= 11 is 0. The number of rotatable bonds is 4. The molecule has 2 nitrogen and oxygen atoms in total. The molecule has 2 heteroatoms. The Balaban J connectivity index is 2.04. The fourth-order valence-electron chi connectivity index (χ4n) is 3.27. The molecule has 2 rings (SSSR count). The van der Waals surface area contributed by atoms with E-state index in [0.717, 1.165) is 6.42 Å². The number of hydrogen-bond donors (Lipinski definition) is 1. The number of aryl methyl sites for hydroxylation is 2. The molecule has 0 radical (unpaired) electrons. The molecule has 1 aromatic rings. The average molecular weight is 261 g/mol. The smallest absolute Gasteiger partial charge is 0.0652 e. The van der Waals surface area contributed by atoms with Crippen molar-refractivity contribution < 1.29 is 4.74 Å². The molecule has 0 spiro atoms. The molecule has 0 aliphatic heterocycles. The van der Waals surface area contributed by atoms with Crippen LogP contribution >= 0.6 is 0 Å². The first-order valence-electron chi connectivity index (χ1n) is 7.22. The largest absolute Gasteiger partial charge is 0.381 e. The Labute approximate surface area is 117 Å². The molecule has 0 aromatic heterocycles. The van der Waals surface area contributed by atoms with Gasteiger partial charge >= 0.3 is 0 Å². The molecule has 1 saturated carbocycles. The van der Waals surface area contributed by atoms with Gasteiger partial charge in [-0.25, -0.2) is 0 Å². The number of hydrogen-bond acceptors (Lipinski definition) is 2. The highest BCUT2D eigenvalue weighted by Crippen LogP contribution is 2.43. The Morgan fingerprint density at radius 3 is 2.53 bits per heavy atom. The fourth-order valence-corrected chi connectivity index (χ4v) is 3.27. The van der Waals surface area contributed by atoms with Crippen LogP contribution in [0.5, 0.6) is 0 Å². The van der Waals surface area contributed by atoms with Gasteiger partial charge in [0.2, 0.25) is 0 Å². The fraction of sp³-hybridized carbons (Fsp3) is 0.647. The van der Waals surface area contributed by atoms with Crippen LogP contribution in [0.1, 0.15) is 49.9 Å². The maximum atomic E-state index is 5.52. The summed E-state index contributed by atoms with van der Waals surface area (Å²) in [5.74, 6) is 0. The van der Waals surface area contributed by atoms with Gasteiger partial charge in [-0.15, -0.1) is 0 Å². The van der Waals surface area contributed by atoms with Gasteiger partial charge in [0, 0.05) is 24.6 Å². The van der Waals surface area contributed by atoms with Crippen molar-refractivity contribution in [3.63, 3.8) is 0 Å². The number of methoxy groups -OCH3 is 1. The predicted molar refractivity (Wildman–Crippen MR) is 80.4 cm³/mol. The van der Waals surface area contributed by atoms with Gasteiger partial charge in [0.25, 0.3) is 0 Å². The first kappa shape index (κ1) is 14.5. The molecule has 19 heavy (non-hydrogen) atoms. The van der Waals surface area contributed by atoms with Crippen LogP contribution in [0.3, 0.4) is 0 Å². The lowest BCUT2D eigenvalue weighted by Crippen LogP contribution is -2.60. The SMILES string of the molecule is COC1CC(NC(C)c2ccc(C)cc2C)C1(C)C. The molecule has 1 aliphatic rings. The predicted octanol–water partition coefficient (Wildman–Crippen LogP) is 3.77. The minimum Gasteiger partial charge on any atom is -0.381 e. The van der Waals surface area contributed by atoms with Gasteiger partial charge in [0.1, 0.15) is 0 Å². The lowest BCUT2D eigenvalue weighted by molar-refractivity contribution is -0.0999. The zero-order valence-electron chi connectivity index (χ0n) is 13.1. The van der Waals surface area contributed by atoms with Gasteiger partial charge in [-0.05, 0) is 38.3 Å². The van der Waals surface area contributed by atoms with E-state index >= 15 is 0 Å². The highest BCUT2D eigenvalue weighted by Gasteiger charge is 2.48. The molecular formula is C17H27NO. The Bertz CT molecular complexity index is 453. The van der Waals surface area contributed by atoms with Crippen molar-refractivity contribution in [1.82, 2.24) is 5.32 Å². The Kier molecular flexibility index (Phi) is 4.03. The molecule has 0 amide bonds. The zero-order chi connectivity index (χ0) is 14.2. The molecule has 1 aromatic carbocycles. The van der Waals surface area contributed by atoms with E-state index in [0.29, 0.717) is 18.2 Å². The Hall–Kier alpha value is -0.860. The molecule has 0 bridgehead atoms. The van der Waals surface area contributed by atoms with E-state index in [4.69, 9.17) is 4.74 Å². The first-order chi connectivity index (χ1) is 8.86. The van der Waals surface area contributed by atoms with Gasteiger partial charge in [-0.1, -0.05) is 37.6 Å². The van der Waals surface area contributed by atoms with Crippen molar-refractivity contribution in [2.24, 2.45) is 5.41 Å². The van der Waals surface area contributed by atoms with Crippen LogP contribution in [-0.4, -0.2) is 19.3 Å². The molecule has 1 fully saturated rings. The summed E-state index contributed by atoms with van der Waals surface area (Å²) in [5.41, 5.74) is 4.33. The summed E-state index contributed by atoms with van der Waals surface area (Å²) in [6, 6.07) is 7.64. The molecule has 3 unspecified atom stereocenters. The minimum atomic E-state index is 0.224. The quantitative estimate of drug-likeness (QED) is 0.891. The van der Waals surface area contributed by atoms with Crippen LogP contribution in [0.4, 0.5) is 0 Å². The standard InChI is InChI=1S/C17H27NO/c1-11-7-8-14(12(2)9-11)13(3)18-15-10-16(19-6)17(15,4)5/h7-9,13,15-16,18H,10H2,1-6H3. The Morgan fingerprint density at radius 1 is 1.32 bits per heavy atom. The normalized spacial score (nSPS) is 26.8. The van der Waals surface area contributed by atoms with Gasteiger partial charge < -0.3 is 10.1 Å². The summed E-state index contributed by atoms with van der Waals surface area (Å²) in [6.45, 7) is 11.2. The monoisotopic (exact) mass is 261 g/mol. The average Bonchev–Trinajstić information content (AvgIpc) is 2.33. The lowest BCUT2D eigenvalue weighted by Gasteiger charge is -2.52. The molecule has 106 valence electrons. The number of benzene rings is 1. The summed E-state index contributed by atoms with van der Waals surface area (Å²) < 4.78 is 5.52. The number of nitrogens with one attached hydrogen (secondary N) is 1. The molecule has 3 atom stereocenters. The van der Waals surface area contributed by atoms with Crippen molar-refractivity contribution in [3.8, 4) is 0 Å². The topological polar surface area (TPSA) is 21.3 Å². The summed E-state index contributed by atoms with van der Waals surface area (Å²) in [7, 11) is 1.82. The maximum Gasteiger partial charge on any atom is 0.0652 e. The van der Waals surface area contributed by atoms with Crippen LogP contribution < -0.4 is 5.32 Å². The van der Waals surface area contributed by atoms with E-state index < -0.39 is 0 Å². The van der Waals surface area contributed by atoms with Crippen LogP contribution in [0.25, 0.3) is 0 Å².